The molecule has 0 bridgehead atoms. The molecule has 176 valence electrons. The fraction of sp³-hybridized carbons (Fsp3) is 0.286. The van der Waals surface area contributed by atoms with Gasteiger partial charge in [-0.1, -0.05) is 45.0 Å². The van der Waals surface area contributed by atoms with Crippen molar-refractivity contribution in [2.45, 2.75) is 38.5 Å². The molecule has 4 rings (SSSR count). The van der Waals surface area contributed by atoms with Crippen molar-refractivity contribution < 1.29 is 14.3 Å². The molecule has 0 aliphatic carbocycles. The summed E-state index contributed by atoms with van der Waals surface area (Å²) in [7, 11) is 0. The Bertz CT molecular complexity index is 1150. The van der Waals surface area contributed by atoms with Gasteiger partial charge in [0.05, 0.1) is 12.4 Å². The third kappa shape index (κ3) is 5.28. The summed E-state index contributed by atoms with van der Waals surface area (Å²) in [5.74, 6) is 1.15. The van der Waals surface area contributed by atoms with E-state index >= 15 is 0 Å². The Morgan fingerprint density at radius 2 is 1.65 bits per heavy atom. The highest BCUT2D eigenvalue weighted by Crippen LogP contribution is 2.42. The van der Waals surface area contributed by atoms with Gasteiger partial charge in [-0.25, -0.2) is 0 Å². The summed E-state index contributed by atoms with van der Waals surface area (Å²) >= 11 is 1.60. The molecule has 34 heavy (non-hydrogen) atoms. The molecule has 0 aromatic heterocycles. The van der Waals surface area contributed by atoms with Crippen molar-refractivity contribution in [3.63, 3.8) is 0 Å². The van der Waals surface area contributed by atoms with E-state index < -0.39 is 0 Å². The van der Waals surface area contributed by atoms with E-state index in [1.54, 1.807) is 11.8 Å². The number of benzene rings is 3. The van der Waals surface area contributed by atoms with Gasteiger partial charge in [0.25, 0.3) is 5.91 Å². The monoisotopic (exact) mass is 474 g/mol. The average Bonchev–Trinajstić information content (AvgIpc) is 3.21. The molecule has 1 saturated heterocycles. The predicted octanol–water partition coefficient (Wildman–Crippen LogP) is 6.41. The molecule has 1 N–H and O–H groups in total. The van der Waals surface area contributed by atoms with Crippen molar-refractivity contribution in [1.29, 1.82) is 0 Å². The first kappa shape index (κ1) is 23.9. The van der Waals surface area contributed by atoms with Gasteiger partial charge in [-0.2, -0.15) is 0 Å². The van der Waals surface area contributed by atoms with Crippen LogP contribution in [-0.2, 0) is 10.2 Å². The Hall–Kier alpha value is -3.25. The number of thioether (sulfide) groups is 1. The molecule has 0 radical (unpaired) electrons. The van der Waals surface area contributed by atoms with Crippen LogP contribution in [0.25, 0.3) is 0 Å². The van der Waals surface area contributed by atoms with Gasteiger partial charge in [-0.15, -0.1) is 11.8 Å². The second kappa shape index (κ2) is 9.94. The normalized spacial score (nSPS) is 15.9. The van der Waals surface area contributed by atoms with Crippen molar-refractivity contribution >= 4 is 35.0 Å². The highest BCUT2D eigenvalue weighted by molar-refractivity contribution is 8.00. The van der Waals surface area contributed by atoms with Crippen LogP contribution in [0.2, 0.25) is 0 Å². The Morgan fingerprint density at radius 1 is 1.00 bits per heavy atom. The number of ether oxygens (including phenoxy) is 1. The molecule has 3 aromatic carbocycles. The zero-order valence-corrected chi connectivity index (χ0v) is 20.8. The number of hydrogen-bond donors (Lipinski definition) is 1. The van der Waals surface area contributed by atoms with Crippen LogP contribution in [0.4, 0.5) is 11.4 Å². The third-order valence-electron chi connectivity index (χ3n) is 5.76. The summed E-state index contributed by atoms with van der Waals surface area (Å²) in [6.07, 6.45) is 0. The van der Waals surface area contributed by atoms with Gasteiger partial charge in [0, 0.05) is 16.9 Å². The maximum atomic E-state index is 12.7. The predicted molar refractivity (Wildman–Crippen MR) is 140 cm³/mol. The molecular formula is C28H30N2O3S. The fourth-order valence-corrected chi connectivity index (χ4v) is 5.05. The lowest BCUT2D eigenvalue weighted by molar-refractivity contribution is -0.115. The minimum Gasteiger partial charge on any atom is -0.494 e. The average molecular weight is 475 g/mol. The molecule has 1 atom stereocenters. The molecule has 1 heterocycles. The number of amides is 2. The van der Waals surface area contributed by atoms with Crippen molar-refractivity contribution in [1.82, 2.24) is 0 Å². The fourth-order valence-electron chi connectivity index (χ4n) is 3.88. The largest absolute Gasteiger partial charge is 0.494 e. The van der Waals surface area contributed by atoms with E-state index in [1.165, 1.54) is 5.56 Å². The molecule has 0 saturated carbocycles. The van der Waals surface area contributed by atoms with Crippen LogP contribution in [-0.4, -0.2) is 24.2 Å². The van der Waals surface area contributed by atoms with Gasteiger partial charge in [0.2, 0.25) is 5.91 Å². The molecule has 1 unspecified atom stereocenters. The van der Waals surface area contributed by atoms with Crippen LogP contribution in [0, 0.1) is 0 Å². The Balaban J connectivity index is 1.46. The number of hydrogen-bond acceptors (Lipinski definition) is 4. The summed E-state index contributed by atoms with van der Waals surface area (Å²) < 4.78 is 5.52. The Labute approximate surface area is 205 Å². The second-order valence-corrected chi connectivity index (χ2v) is 10.3. The standard InChI is InChI=1S/C28H30N2O3S/c1-5-33-24-16-14-23(15-17-24)30-25(31)18-34-27(30)20-8-12-22(13-9-20)29-26(32)19-6-10-21(11-7-19)28(2,3)4/h6-17,27H,5,18H2,1-4H3,(H,29,32). The van der Waals surface area contributed by atoms with Gasteiger partial charge in [-0.05, 0) is 72.0 Å². The van der Waals surface area contributed by atoms with E-state index in [-0.39, 0.29) is 22.6 Å². The van der Waals surface area contributed by atoms with E-state index in [1.807, 2.05) is 84.6 Å². The van der Waals surface area contributed by atoms with Crippen LogP contribution < -0.4 is 15.0 Å². The van der Waals surface area contributed by atoms with Gasteiger partial charge in [0.15, 0.2) is 0 Å². The quantitative estimate of drug-likeness (QED) is 0.448. The Morgan fingerprint density at radius 3 is 2.24 bits per heavy atom. The van der Waals surface area contributed by atoms with Gasteiger partial charge < -0.3 is 10.1 Å². The molecule has 6 heteroatoms. The lowest BCUT2D eigenvalue weighted by atomic mass is 9.87. The van der Waals surface area contributed by atoms with Gasteiger partial charge in [-0.3, -0.25) is 14.5 Å². The van der Waals surface area contributed by atoms with E-state index in [2.05, 4.69) is 26.1 Å². The maximum absolute atomic E-state index is 12.7. The van der Waals surface area contributed by atoms with E-state index in [0.29, 0.717) is 17.9 Å². The van der Waals surface area contributed by atoms with E-state index in [9.17, 15) is 9.59 Å². The number of carbonyl (C=O) groups excluding carboxylic acids is 2. The molecule has 1 aliphatic rings. The van der Waals surface area contributed by atoms with Crippen LogP contribution >= 0.6 is 11.8 Å². The lowest BCUT2D eigenvalue weighted by Crippen LogP contribution is -2.27. The van der Waals surface area contributed by atoms with E-state index in [0.717, 1.165) is 22.7 Å². The maximum Gasteiger partial charge on any atom is 0.255 e. The number of nitrogens with one attached hydrogen (secondary N) is 1. The zero-order chi connectivity index (χ0) is 24.3. The third-order valence-corrected chi connectivity index (χ3v) is 6.97. The van der Waals surface area contributed by atoms with Crippen LogP contribution in [0.3, 0.4) is 0 Å². The molecule has 1 aliphatic heterocycles. The van der Waals surface area contributed by atoms with Crippen molar-refractivity contribution in [2.75, 3.05) is 22.6 Å². The summed E-state index contributed by atoms with van der Waals surface area (Å²) in [4.78, 5) is 27.2. The van der Waals surface area contributed by atoms with Crippen LogP contribution in [0.1, 0.15) is 54.6 Å². The lowest BCUT2D eigenvalue weighted by Gasteiger charge is -2.24. The molecule has 3 aromatic rings. The molecule has 1 fully saturated rings. The molecule has 5 nitrogen and oxygen atoms in total. The van der Waals surface area contributed by atoms with Crippen LogP contribution in [0.5, 0.6) is 5.75 Å². The summed E-state index contributed by atoms with van der Waals surface area (Å²) in [6.45, 7) is 9.00. The number of anilines is 2. The molecular weight excluding hydrogens is 444 g/mol. The molecule has 0 spiro atoms. The van der Waals surface area contributed by atoms with Crippen molar-refractivity contribution in [2.24, 2.45) is 0 Å². The highest BCUT2D eigenvalue weighted by Gasteiger charge is 2.34. The second-order valence-electron chi connectivity index (χ2n) is 9.26. The smallest absolute Gasteiger partial charge is 0.255 e. The molecule has 2 amide bonds. The van der Waals surface area contributed by atoms with E-state index in [4.69, 9.17) is 4.74 Å². The first-order valence-electron chi connectivity index (χ1n) is 11.4. The SMILES string of the molecule is CCOc1ccc(N2C(=O)CSC2c2ccc(NC(=O)c3ccc(C(C)(C)C)cc3)cc2)cc1. The first-order valence-corrected chi connectivity index (χ1v) is 12.5. The van der Waals surface area contributed by atoms with Crippen molar-refractivity contribution in [3.8, 4) is 5.75 Å². The Kier molecular flexibility index (Phi) is 6.98. The highest BCUT2D eigenvalue weighted by atomic mass is 32.2. The van der Waals surface area contributed by atoms with Gasteiger partial charge >= 0.3 is 0 Å². The zero-order valence-electron chi connectivity index (χ0n) is 20.0. The number of nitrogens with zero attached hydrogens (tertiary/aromatic N) is 1. The van der Waals surface area contributed by atoms with Crippen molar-refractivity contribution in [3.05, 3.63) is 89.5 Å². The number of carbonyl (C=O) groups is 2. The summed E-state index contributed by atoms with van der Waals surface area (Å²) in [5.41, 5.74) is 4.43. The summed E-state index contributed by atoms with van der Waals surface area (Å²) in [6, 6.07) is 23.0. The summed E-state index contributed by atoms with van der Waals surface area (Å²) in [5, 5.41) is 2.85. The minimum atomic E-state index is -0.144. The first-order chi connectivity index (χ1) is 16.3. The minimum absolute atomic E-state index is 0.0453. The topological polar surface area (TPSA) is 58.6 Å². The number of rotatable bonds is 6. The van der Waals surface area contributed by atoms with Crippen LogP contribution in [0.15, 0.2) is 72.8 Å². The van der Waals surface area contributed by atoms with Gasteiger partial charge in [0.1, 0.15) is 11.1 Å².